The van der Waals surface area contributed by atoms with Crippen LogP contribution < -0.4 is 10.6 Å². The number of carbonyl (C=O) groups is 3. The average Bonchev–Trinajstić information content (AvgIpc) is 2.60. The first-order valence-electron chi connectivity index (χ1n) is 9.42. The number of nitrogens with one attached hydrogen (secondary N) is 2. The van der Waals surface area contributed by atoms with Gasteiger partial charge in [0.1, 0.15) is 0 Å². The number of nitrogens with zero attached hydrogens (tertiary/aromatic N) is 1. The van der Waals surface area contributed by atoms with E-state index in [0.717, 1.165) is 5.56 Å². The van der Waals surface area contributed by atoms with Gasteiger partial charge in [0.15, 0.2) is 0 Å². The van der Waals surface area contributed by atoms with Gasteiger partial charge < -0.3 is 20.6 Å². The summed E-state index contributed by atoms with van der Waals surface area (Å²) in [4.78, 5) is 36.6. The maximum absolute atomic E-state index is 12.1. The van der Waals surface area contributed by atoms with Crippen LogP contribution in [0.15, 0.2) is 24.3 Å². The fourth-order valence-corrected chi connectivity index (χ4v) is 3.38. The molecule has 0 spiro atoms. The molecule has 3 N–H and O–H groups in total. The lowest BCUT2D eigenvalue weighted by Crippen LogP contribution is -2.41. The highest BCUT2D eigenvalue weighted by Crippen LogP contribution is 2.24. The van der Waals surface area contributed by atoms with E-state index in [1.54, 1.807) is 11.8 Å². The molecule has 1 fully saturated rings. The van der Waals surface area contributed by atoms with Crippen LogP contribution >= 0.6 is 0 Å². The van der Waals surface area contributed by atoms with E-state index < -0.39 is 5.97 Å². The van der Waals surface area contributed by atoms with Crippen LogP contribution in [-0.2, 0) is 16.1 Å². The molecule has 1 aromatic rings. The highest BCUT2D eigenvalue weighted by atomic mass is 16.4. The van der Waals surface area contributed by atoms with Gasteiger partial charge in [-0.25, -0.2) is 4.79 Å². The summed E-state index contributed by atoms with van der Waals surface area (Å²) in [5.74, 6) is -1.01. The van der Waals surface area contributed by atoms with E-state index in [4.69, 9.17) is 5.11 Å². The third-order valence-electron chi connectivity index (χ3n) is 5.00. The second-order valence-electron chi connectivity index (χ2n) is 7.42. The van der Waals surface area contributed by atoms with E-state index in [0.29, 0.717) is 37.9 Å². The van der Waals surface area contributed by atoms with Gasteiger partial charge in [0.05, 0.1) is 5.92 Å². The third kappa shape index (κ3) is 6.27. The zero-order valence-electron chi connectivity index (χ0n) is 16.2. The molecule has 0 unspecified atom stereocenters. The zero-order chi connectivity index (χ0) is 20.0. The van der Waals surface area contributed by atoms with E-state index >= 15 is 0 Å². The fourth-order valence-electron chi connectivity index (χ4n) is 3.38. The Balaban J connectivity index is 1.83. The number of hydrogen-bond donors (Lipinski definition) is 3. The molecule has 7 heteroatoms. The summed E-state index contributed by atoms with van der Waals surface area (Å²) in [5.41, 5.74) is 1.67. The van der Waals surface area contributed by atoms with Crippen LogP contribution in [0.25, 0.3) is 0 Å². The van der Waals surface area contributed by atoms with Crippen molar-refractivity contribution in [1.82, 2.24) is 10.2 Å². The number of urea groups is 1. The Kier molecular flexibility index (Phi) is 7.21. The van der Waals surface area contributed by atoms with Gasteiger partial charge in [0.25, 0.3) is 0 Å². The highest BCUT2D eigenvalue weighted by molar-refractivity contribution is 5.89. The van der Waals surface area contributed by atoms with Crippen LogP contribution in [0, 0.1) is 5.92 Å². The summed E-state index contributed by atoms with van der Waals surface area (Å²) >= 11 is 0. The van der Waals surface area contributed by atoms with Gasteiger partial charge in [-0.15, -0.1) is 0 Å². The van der Waals surface area contributed by atoms with Gasteiger partial charge in [-0.3, -0.25) is 9.59 Å². The second-order valence-corrected chi connectivity index (χ2v) is 7.42. The molecule has 0 radical (unpaired) electrons. The van der Waals surface area contributed by atoms with Crippen molar-refractivity contribution in [3.8, 4) is 0 Å². The molecular weight excluding hydrogens is 346 g/mol. The predicted octanol–water partition coefficient (Wildman–Crippen LogP) is 3.21. The van der Waals surface area contributed by atoms with E-state index in [1.165, 1.54) is 0 Å². The Morgan fingerprint density at radius 1 is 1.11 bits per heavy atom. The Hall–Kier alpha value is -2.57. The van der Waals surface area contributed by atoms with Crippen LogP contribution in [0.3, 0.4) is 0 Å². The molecule has 1 aromatic carbocycles. The number of carboxylic acid groups (broad SMARTS) is 1. The minimum Gasteiger partial charge on any atom is -0.481 e. The zero-order valence-corrected chi connectivity index (χ0v) is 16.2. The van der Waals surface area contributed by atoms with Gasteiger partial charge in [-0.2, -0.15) is 0 Å². The number of anilines is 1. The SMILES string of the molecule is CC(=O)N(Cc1ccc(NC(=O)NC2CCC(C(=O)O)CC2)cc1)C(C)C. The van der Waals surface area contributed by atoms with Crippen molar-refractivity contribution in [2.24, 2.45) is 5.92 Å². The van der Waals surface area contributed by atoms with Crippen molar-refractivity contribution < 1.29 is 19.5 Å². The van der Waals surface area contributed by atoms with E-state index in [9.17, 15) is 14.4 Å². The molecule has 7 nitrogen and oxygen atoms in total. The monoisotopic (exact) mass is 375 g/mol. The van der Waals surface area contributed by atoms with Gasteiger partial charge in [0.2, 0.25) is 5.91 Å². The Morgan fingerprint density at radius 3 is 2.19 bits per heavy atom. The number of carbonyl (C=O) groups excluding carboxylic acids is 2. The fraction of sp³-hybridized carbons (Fsp3) is 0.550. The molecule has 1 aliphatic rings. The van der Waals surface area contributed by atoms with Crippen LogP contribution in [0.4, 0.5) is 10.5 Å². The molecule has 27 heavy (non-hydrogen) atoms. The van der Waals surface area contributed by atoms with E-state index in [2.05, 4.69) is 10.6 Å². The summed E-state index contributed by atoms with van der Waals surface area (Å²) in [7, 11) is 0. The first-order valence-corrected chi connectivity index (χ1v) is 9.42. The number of hydrogen-bond acceptors (Lipinski definition) is 3. The first-order chi connectivity index (χ1) is 12.8. The summed E-state index contributed by atoms with van der Waals surface area (Å²) < 4.78 is 0. The Labute approximate surface area is 160 Å². The van der Waals surface area contributed by atoms with Crippen LogP contribution in [0.2, 0.25) is 0 Å². The quantitative estimate of drug-likeness (QED) is 0.711. The standard InChI is InChI=1S/C20H29N3O4/c1-13(2)23(14(3)24)12-15-4-8-17(9-5-15)21-20(27)22-18-10-6-16(7-11-18)19(25)26/h4-5,8-9,13,16,18H,6-7,10-12H2,1-3H3,(H,25,26)(H2,21,22,27). The van der Waals surface area contributed by atoms with Crippen molar-refractivity contribution in [2.75, 3.05) is 5.32 Å². The van der Waals surface area contributed by atoms with Crippen molar-refractivity contribution in [3.63, 3.8) is 0 Å². The van der Waals surface area contributed by atoms with Crippen LogP contribution in [0.1, 0.15) is 52.0 Å². The van der Waals surface area contributed by atoms with Gasteiger partial charge in [-0.1, -0.05) is 12.1 Å². The molecule has 1 aliphatic carbocycles. The van der Waals surface area contributed by atoms with Crippen LogP contribution in [-0.4, -0.2) is 40.0 Å². The normalized spacial score (nSPS) is 19.4. The summed E-state index contributed by atoms with van der Waals surface area (Å²) in [5, 5.41) is 14.7. The van der Waals surface area contributed by atoms with Crippen molar-refractivity contribution >= 4 is 23.6 Å². The maximum atomic E-state index is 12.1. The largest absolute Gasteiger partial charge is 0.481 e. The number of amides is 3. The van der Waals surface area contributed by atoms with Gasteiger partial charge in [-0.05, 0) is 57.2 Å². The Morgan fingerprint density at radius 2 is 1.70 bits per heavy atom. The van der Waals surface area contributed by atoms with Gasteiger partial charge >= 0.3 is 12.0 Å². The molecule has 0 heterocycles. The van der Waals surface area contributed by atoms with Crippen molar-refractivity contribution in [1.29, 1.82) is 0 Å². The summed E-state index contributed by atoms with van der Waals surface area (Å²) in [6.45, 7) is 6.05. The highest BCUT2D eigenvalue weighted by Gasteiger charge is 2.26. The smallest absolute Gasteiger partial charge is 0.319 e. The number of aliphatic carboxylic acids is 1. The van der Waals surface area contributed by atoms with Crippen molar-refractivity contribution in [2.45, 2.75) is 65.1 Å². The lowest BCUT2D eigenvalue weighted by atomic mass is 9.86. The number of benzene rings is 1. The van der Waals surface area contributed by atoms with Gasteiger partial charge in [0, 0.05) is 31.2 Å². The van der Waals surface area contributed by atoms with E-state index in [-0.39, 0.29) is 29.9 Å². The second kappa shape index (κ2) is 9.39. The summed E-state index contributed by atoms with van der Waals surface area (Å²) in [6, 6.07) is 7.27. The molecule has 0 atom stereocenters. The third-order valence-corrected chi connectivity index (χ3v) is 5.00. The minimum atomic E-state index is -0.751. The molecule has 2 rings (SSSR count). The maximum Gasteiger partial charge on any atom is 0.319 e. The van der Waals surface area contributed by atoms with E-state index in [1.807, 2.05) is 38.1 Å². The molecule has 0 saturated heterocycles. The number of rotatable bonds is 6. The van der Waals surface area contributed by atoms with Crippen LogP contribution in [0.5, 0.6) is 0 Å². The lowest BCUT2D eigenvalue weighted by molar-refractivity contribution is -0.142. The molecular formula is C20H29N3O4. The molecule has 148 valence electrons. The molecule has 1 saturated carbocycles. The predicted molar refractivity (Wildman–Crippen MR) is 103 cm³/mol. The topological polar surface area (TPSA) is 98.7 Å². The average molecular weight is 375 g/mol. The lowest BCUT2D eigenvalue weighted by Gasteiger charge is -2.27. The molecule has 0 aromatic heterocycles. The minimum absolute atomic E-state index is 0.00930. The molecule has 0 bridgehead atoms. The Bertz CT molecular complexity index is 664. The number of carboxylic acids is 1. The molecule has 0 aliphatic heterocycles. The van der Waals surface area contributed by atoms with Crippen molar-refractivity contribution in [3.05, 3.63) is 29.8 Å². The molecule has 3 amide bonds. The first kappa shape index (κ1) is 20.7. The summed E-state index contributed by atoms with van der Waals surface area (Å²) in [6.07, 6.45) is 2.55.